The summed E-state index contributed by atoms with van der Waals surface area (Å²) in [6.45, 7) is 2.09. The predicted octanol–water partition coefficient (Wildman–Crippen LogP) is 3.32. The Morgan fingerprint density at radius 3 is 2.77 bits per heavy atom. The van der Waals surface area contributed by atoms with Crippen molar-refractivity contribution in [3.8, 4) is 11.5 Å². The minimum absolute atomic E-state index is 0. The highest BCUT2D eigenvalue weighted by Crippen LogP contribution is 2.25. The summed E-state index contributed by atoms with van der Waals surface area (Å²) < 4.78 is 10.8. The van der Waals surface area contributed by atoms with Crippen molar-refractivity contribution in [2.45, 2.75) is 6.04 Å². The molecule has 0 spiro atoms. The van der Waals surface area contributed by atoms with Gasteiger partial charge in [0.05, 0.1) is 13.2 Å². The van der Waals surface area contributed by atoms with E-state index in [-0.39, 0.29) is 31.0 Å². The number of hydrogen-bond donors (Lipinski definition) is 1. The van der Waals surface area contributed by atoms with Crippen LogP contribution in [0, 0.1) is 0 Å². The predicted molar refractivity (Wildman–Crippen MR) is 105 cm³/mol. The quantitative estimate of drug-likeness (QED) is 0.841. The molecule has 2 aromatic carbocycles. The first-order valence-corrected chi connectivity index (χ1v) is 8.57. The highest BCUT2D eigenvalue weighted by atomic mass is 35.5. The van der Waals surface area contributed by atoms with Crippen LogP contribution in [0.1, 0.15) is 11.6 Å². The lowest BCUT2D eigenvalue weighted by Crippen LogP contribution is -2.50. The van der Waals surface area contributed by atoms with Gasteiger partial charge in [0.25, 0.3) is 5.91 Å². The van der Waals surface area contributed by atoms with Gasteiger partial charge in [0, 0.05) is 30.7 Å². The van der Waals surface area contributed by atoms with E-state index >= 15 is 0 Å². The summed E-state index contributed by atoms with van der Waals surface area (Å²) in [5.74, 6) is 1.26. The lowest BCUT2D eigenvalue weighted by molar-refractivity contribution is -0.136. The number of nitrogens with zero attached hydrogens (tertiary/aromatic N) is 1. The van der Waals surface area contributed by atoms with E-state index in [0.29, 0.717) is 29.6 Å². The zero-order chi connectivity index (χ0) is 17.6. The van der Waals surface area contributed by atoms with Crippen molar-refractivity contribution in [3.63, 3.8) is 0 Å². The van der Waals surface area contributed by atoms with Gasteiger partial charge in [-0.25, -0.2) is 0 Å². The number of methoxy groups -OCH3 is 1. The average molecular weight is 397 g/mol. The molecule has 0 bridgehead atoms. The first-order valence-electron chi connectivity index (χ1n) is 8.20. The molecule has 2 aromatic rings. The molecular weight excluding hydrogens is 375 g/mol. The van der Waals surface area contributed by atoms with E-state index in [1.807, 2.05) is 47.4 Å². The van der Waals surface area contributed by atoms with Gasteiger partial charge >= 0.3 is 0 Å². The van der Waals surface area contributed by atoms with Gasteiger partial charge < -0.3 is 19.7 Å². The molecular formula is C19H22Cl2N2O3. The van der Waals surface area contributed by atoms with Gasteiger partial charge in [0.1, 0.15) is 11.5 Å². The Morgan fingerprint density at radius 2 is 2.00 bits per heavy atom. The second-order valence-electron chi connectivity index (χ2n) is 5.83. The number of benzene rings is 2. The van der Waals surface area contributed by atoms with Gasteiger partial charge in [-0.05, 0) is 29.8 Å². The fourth-order valence-electron chi connectivity index (χ4n) is 2.93. The SMILES string of the molecule is COc1cccc(OCC(=O)N2CCNCC2c2cccc(Cl)c2)c1.Cl. The summed E-state index contributed by atoms with van der Waals surface area (Å²) >= 11 is 6.10. The third-order valence-corrected chi connectivity index (χ3v) is 4.44. The van der Waals surface area contributed by atoms with Gasteiger partial charge in [0.2, 0.25) is 0 Å². The van der Waals surface area contributed by atoms with Crippen LogP contribution in [0.15, 0.2) is 48.5 Å². The summed E-state index contributed by atoms with van der Waals surface area (Å²) in [6, 6.07) is 14.8. The van der Waals surface area contributed by atoms with Crippen molar-refractivity contribution in [3.05, 3.63) is 59.1 Å². The van der Waals surface area contributed by atoms with Crippen LogP contribution in [0.5, 0.6) is 11.5 Å². The van der Waals surface area contributed by atoms with E-state index in [0.717, 1.165) is 12.1 Å². The molecule has 140 valence electrons. The zero-order valence-corrected chi connectivity index (χ0v) is 16.1. The minimum atomic E-state index is -0.0474. The normalized spacial score (nSPS) is 16.5. The maximum atomic E-state index is 12.7. The molecule has 0 aliphatic carbocycles. The largest absolute Gasteiger partial charge is 0.497 e. The number of carbonyl (C=O) groups is 1. The van der Waals surface area contributed by atoms with Crippen molar-refractivity contribution >= 4 is 29.9 Å². The van der Waals surface area contributed by atoms with Crippen LogP contribution in [0.25, 0.3) is 0 Å². The van der Waals surface area contributed by atoms with Crippen LogP contribution >= 0.6 is 24.0 Å². The molecule has 1 unspecified atom stereocenters. The number of hydrogen-bond acceptors (Lipinski definition) is 4. The standard InChI is InChI=1S/C19H21ClN2O3.ClH/c1-24-16-6-3-7-17(11-16)25-13-19(23)22-9-8-21-12-18(22)14-4-2-5-15(20)10-14;/h2-7,10-11,18,21H,8-9,12-13H2,1H3;1H. The summed E-state index contributed by atoms with van der Waals surface area (Å²) in [5.41, 5.74) is 1.02. The Kier molecular flexibility index (Phi) is 7.57. The molecule has 5 nitrogen and oxygen atoms in total. The highest BCUT2D eigenvalue weighted by molar-refractivity contribution is 6.30. The molecule has 0 aromatic heterocycles. The van der Waals surface area contributed by atoms with E-state index in [1.54, 1.807) is 13.2 Å². The first kappa shape index (κ1) is 20.4. The van der Waals surface area contributed by atoms with Crippen LogP contribution in [0.2, 0.25) is 5.02 Å². The second kappa shape index (κ2) is 9.67. The Morgan fingerprint density at radius 1 is 1.23 bits per heavy atom. The summed E-state index contributed by atoms with van der Waals surface area (Å²) in [6.07, 6.45) is 0. The summed E-state index contributed by atoms with van der Waals surface area (Å²) in [4.78, 5) is 14.6. The Hall–Kier alpha value is -1.95. The van der Waals surface area contributed by atoms with Gasteiger partial charge in [-0.1, -0.05) is 29.8 Å². The van der Waals surface area contributed by atoms with E-state index in [2.05, 4.69) is 5.32 Å². The minimum Gasteiger partial charge on any atom is -0.497 e. The third-order valence-electron chi connectivity index (χ3n) is 4.20. The van der Waals surface area contributed by atoms with E-state index < -0.39 is 0 Å². The third kappa shape index (κ3) is 5.04. The van der Waals surface area contributed by atoms with Gasteiger partial charge in [-0.3, -0.25) is 4.79 Å². The number of nitrogens with one attached hydrogen (secondary N) is 1. The number of halogens is 2. The molecule has 1 N–H and O–H groups in total. The Balaban J connectivity index is 0.00000243. The molecule has 26 heavy (non-hydrogen) atoms. The number of amides is 1. The molecule has 1 aliphatic heterocycles. The smallest absolute Gasteiger partial charge is 0.261 e. The molecule has 7 heteroatoms. The van der Waals surface area contributed by atoms with Gasteiger partial charge in [-0.2, -0.15) is 0 Å². The lowest BCUT2D eigenvalue weighted by Gasteiger charge is -2.36. The van der Waals surface area contributed by atoms with Gasteiger partial charge in [0.15, 0.2) is 6.61 Å². The van der Waals surface area contributed by atoms with Crippen LogP contribution < -0.4 is 14.8 Å². The van der Waals surface area contributed by atoms with E-state index in [4.69, 9.17) is 21.1 Å². The first-order chi connectivity index (χ1) is 12.2. The molecule has 1 amide bonds. The van der Waals surface area contributed by atoms with Crippen molar-refractivity contribution in [2.75, 3.05) is 33.4 Å². The van der Waals surface area contributed by atoms with Crippen LogP contribution in [-0.4, -0.2) is 44.2 Å². The molecule has 0 radical (unpaired) electrons. The summed E-state index contributed by atoms with van der Waals surface area (Å²) in [7, 11) is 1.60. The maximum absolute atomic E-state index is 12.7. The maximum Gasteiger partial charge on any atom is 0.261 e. The molecule has 3 rings (SSSR count). The molecule has 1 atom stereocenters. The number of piperazine rings is 1. The second-order valence-corrected chi connectivity index (χ2v) is 6.27. The highest BCUT2D eigenvalue weighted by Gasteiger charge is 2.28. The fourth-order valence-corrected chi connectivity index (χ4v) is 3.13. The van der Waals surface area contributed by atoms with Crippen molar-refractivity contribution in [1.82, 2.24) is 10.2 Å². The van der Waals surface area contributed by atoms with Crippen LogP contribution in [0.3, 0.4) is 0 Å². The Bertz CT molecular complexity index is 742. The molecule has 1 aliphatic rings. The van der Waals surface area contributed by atoms with E-state index in [1.165, 1.54) is 0 Å². The van der Waals surface area contributed by atoms with Crippen molar-refractivity contribution in [1.29, 1.82) is 0 Å². The molecule has 1 heterocycles. The number of ether oxygens (including phenoxy) is 2. The fraction of sp³-hybridized carbons (Fsp3) is 0.316. The monoisotopic (exact) mass is 396 g/mol. The number of rotatable bonds is 5. The van der Waals surface area contributed by atoms with E-state index in [9.17, 15) is 4.79 Å². The number of carbonyl (C=O) groups excluding carboxylic acids is 1. The zero-order valence-electron chi connectivity index (χ0n) is 14.5. The van der Waals surface area contributed by atoms with Crippen LogP contribution in [-0.2, 0) is 4.79 Å². The van der Waals surface area contributed by atoms with Crippen molar-refractivity contribution < 1.29 is 14.3 Å². The van der Waals surface area contributed by atoms with Crippen LogP contribution in [0.4, 0.5) is 0 Å². The topological polar surface area (TPSA) is 50.8 Å². The lowest BCUT2D eigenvalue weighted by atomic mass is 10.0. The Labute approximate surface area is 164 Å². The average Bonchev–Trinajstić information content (AvgIpc) is 2.66. The molecule has 1 fully saturated rings. The molecule has 1 saturated heterocycles. The summed E-state index contributed by atoms with van der Waals surface area (Å²) in [5, 5.41) is 4.00. The van der Waals surface area contributed by atoms with Crippen molar-refractivity contribution in [2.24, 2.45) is 0 Å². The molecule has 0 saturated carbocycles. The van der Waals surface area contributed by atoms with Gasteiger partial charge in [-0.15, -0.1) is 12.4 Å².